The predicted octanol–water partition coefficient (Wildman–Crippen LogP) is 1.15. The minimum atomic E-state index is -2.28. The van der Waals surface area contributed by atoms with E-state index in [9.17, 15) is 4.89 Å². The molecule has 1 radical (unpaired) electrons. The highest BCUT2D eigenvalue weighted by Crippen LogP contribution is 2.30. The lowest BCUT2D eigenvalue weighted by Crippen LogP contribution is -2.46. The molecule has 1 unspecified atom stereocenters. The van der Waals surface area contributed by atoms with Crippen LogP contribution in [0.1, 0.15) is 32.6 Å². The fraction of sp³-hybridized carbons (Fsp3) is 1.00. The molecule has 0 aliphatic heterocycles. The highest BCUT2D eigenvalue weighted by molar-refractivity contribution is 7.40. The summed E-state index contributed by atoms with van der Waals surface area (Å²) in [5.74, 6) is 3.01. The molecule has 0 aromatic rings. The van der Waals surface area contributed by atoms with Gasteiger partial charge in [0.2, 0.25) is 0 Å². The Morgan fingerprint density at radius 1 is 1.36 bits per heavy atom. The molecule has 3 N–H and O–H groups in total. The minimum Gasteiger partial charge on any atom is -0.173 e. The van der Waals surface area contributed by atoms with Crippen molar-refractivity contribution >= 4 is 8.60 Å². The first kappa shape index (κ1) is 11.3. The molecule has 5 heteroatoms. The van der Waals surface area contributed by atoms with E-state index >= 15 is 0 Å². The largest absolute Gasteiger partial charge is 0.506 e. The van der Waals surface area contributed by atoms with Crippen molar-refractivity contribution in [2.75, 3.05) is 6.61 Å². The van der Waals surface area contributed by atoms with Gasteiger partial charge in [-0.25, -0.2) is 0 Å². The van der Waals surface area contributed by atoms with E-state index in [4.69, 9.17) is 4.52 Å². The molecule has 0 aliphatic carbocycles. The molecule has 0 bridgehead atoms. The summed E-state index contributed by atoms with van der Waals surface area (Å²) < 4.78 is 9.03. The average Bonchev–Trinajstić information content (AvgIpc) is 2.04. The highest BCUT2D eigenvalue weighted by atomic mass is 31.2. The molecule has 67 valence electrons. The van der Waals surface area contributed by atoms with Crippen molar-refractivity contribution in [3.8, 4) is 0 Å². The number of rotatable bonds is 7. The minimum absolute atomic E-state index is 0.521. The van der Waals surface area contributed by atoms with Gasteiger partial charge in [0, 0.05) is 9.52 Å². The van der Waals surface area contributed by atoms with Crippen molar-refractivity contribution in [3.63, 3.8) is 0 Å². The maximum Gasteiger partial charge on any atom is 0.506 e. The molecule has 0 spiro atoms. The lowest BCUT2D eigenvalue weighted by molar-refractivity contribution is -0.640. The summed E-state index contributed by atoms with van der Waals surface area (Å²) in [5.41, 5.74) is 0. The van der Waals surface area contributed by atoms with Crippen molar-refractivity contribution in [1.82, 2.24) is 0 Å². The highest BCUT2D eigenvalue weighted by Gasteiger charge is 2.17. The first-order valence-corrected chi connectivity index (χ1v) is 5.12. The first-order valence-electron chi connectivity index (χ1n) is 3.90. The molecule has 0 aromatic carbocycles. The van der Waals surface area contributed by atoms with Gasteiger partial charge in [0.05, 0.1) is 6.61 Å². The second-order valence-corrected chi connectivity index (χ2v) is 3.38. The monoisotopic (exact) mass is 182 g/mol. The Balaban J connectivity index is 2.89. The van der Waals surface area contributed by atoms with Crippen LogP contribution in [0.3, 0.4) is 0 Å². The van der Waals surface area contributed by atoms with Crippen LogP contribution in [-0.4, -0.2) is 6.61 Å². The number of hydrogen-bond acceptors (Lipinski definition) is 2. The van der Waals surface area contributed by atoms with Crippen LogP contribution in [0.25, 0.3) is 0 Å². The Kier molecular flexibility index (Phi) is 8.57. The van der Waals surface area contributed by atoms with Crippen LogP contribution in [0.2, 0.25) is 0 Å². The van der Waals surface area contributed by atoms with Crippen molar-refractivity contribution < 1.29 is 19.9 Å². The van der Waals surface area contributed by atoms with Gasteiger partial charge < -0.3 is 0 Å². The van der Waals surface area contributed by atoms with Crippen molar-refractivity contribution in [2.24, 2.45) is 0 Å². The molecule has 0 aromatic heterocycles. The molecule has 0 heterocycles. The molecule has 4 nitrogen and oxygen atoms in total. The van der Waals surface area contributed by atoms with Crippen LogP contribution in [0, 0.1) is 0 Å². The summed E-state index contributed by atoms with van der Waals surface area (Å²) in [5, 5.41) is 0. The molecule has 0 saturated heterocycles. The van der Waals surface area contributed by atoms with E-state index in [0.29, 0.717) is 6.61 Å². The Morgan fingerprint density at radius 2 is 2.09 bits per heavy atom. The van der Waals surface area contributed by atoms with Gasteiger partial charge in [-0.05, 0) is 6.42 Å². The van der Waals surface area contributed by atoms with E-state index in [1.54, 1.807) is 0 Å². The average molecular weight is 182 g/mol. The van der Waals surface area contributed by atoms with Crippen LogP contribution < -0.4 is 5.90 Å². The van der Waals surface area contributed by atoms with E-state index in [1.807, 2.05) is 0 Å². The number of hydrogen-bond donors (Lipinski definition) is 1. The molecule has 0 aliphatic rings. The van der Waals surface area contributed by atoms with E-state index in [1.165, 1.54) is 12.8 Å². The Labute approximate surface area is 68.6 Å². The fourth-order valence-electron chi connectivity index (χ4n) is 0.726. The molecular weight excluding hydrogens is 165 g/mol. The van der Waals surface area contributed by atoms with Gasteiger partial charge in [-0.3, -0.25) is 0 Å². The molecule has 1 atom stereocenters. The van der Waals surface area contributed by atoms with Crippen LogP contribution in [0.5, 0.6) is 0 Å². The number of unbranched alkanes of at least 4 members (excludes halogenated alkanes) is 3. The Bertz CT molecular complexity index is 84.2. The van der Waals surface area contributed by atoms with Crippen molar-refractivity contribution in [3.05, 3.63) is 0 Å². The van der Waals surface area contributed by atoms with E-state index < -0.39 is 8.60 Å². The second-order valence-electron chi connectivity index (χ2n) is 2.30. The molecule has 0 rings (SSSR count). The topological polar surface area (TPSA) is 66.0 Å². The van der Waals surface area contributed by atoms with Crippen molar-refractivity contribution in [1.29, 1.82) is 0 Å². The molecule has 0 fully saturated rings. The van der Waals surface area contributed by atoms with Gasteiger partial charge >= 0.3 is 8.60 Å². The summed E-state index contributed by atoms with van der Waals surface area (Å²) in [7, 11) is -2.28. The zero-order valence-corrected chi connectivity index (χ0v) is 7.97. The SMILES string of the molecule is CCCCCCO[PH+]([O])O[NH3+]. The molecular formula is C6H17NO3P+2. The Hall–Kier alpha value is 0.270. The van der Waals surface area contributed by atoms with Gasteiger partial charge in [-0.15, -0.1) is 0 Å². The van der Waals surface area contributed by atoms with Crippen molar-refractivity contribution in [2.45, 2.75) is 32.6 Å². The van der Waals surface area contributed by atoms with Gasteiger partial charge in [0.15, 0.2) is 0 Å². The molecule has 0 amide bonds. The zero-order chi connectivity index (χ0) is 8.53. The summed E-state index contributed by atoms with van der Waals surface area (Å²) in [4.78, 5) is 10.5. The van der Waals surface area contributed by atoms with Crippen LogP contribution in [0.15, 0.2) is 0 Å². The maximum absolute atomic E-state index is 10.5. The normalized spacial score (nSPS) is 13.4. The van der Waals surface area contributed by atoms with Gasteiger partial charge in [-0.2, -0.15) is 10.4 Å². The quantitative estimate of drug-likeness (QED) is 0.364. The van der Waals surface area contributed by atoms with Crippen LogP contribution >= 0.6 is 8.60 Å². The van der Waals surface area contributed by atoms with Gasteiger partial charge in [0.1, 0.15) is 0 Å². The smallest absolute Gasteiger partial charge is 0.173 e. The Morgan fingerprint density at radius 3 is 2.64 bits per heavy atom. The van der Waals surface area contributed by atoms with E-state index in [0.717, 1.165) is 12.8 Å². The summed E-state index contributed by atoms with van der Waals surface area (Å²) in [6.07, 6.45) is 4.48. The summed E-state index contributed by atoms with van der Waals surface area (Å²) in [6, 6.07) is 0. The van der Waals surface area contributed by atoms with E-state index in [2.05, 4.69) is 17.4 Å². The fourth-order valence-corrected chi connectivity index (χ4v) is 1.12. The lowest BCUT2D eigenvalue weighted by atomic mass is 10.2. The van der Waals surface area contributed by atoms with Crippen LogP contribution in [0.4, 0.5) is 0 Å². The zero-order valence-electron chi connectivity index (χ0n) is 6.97. The lowest BCUT2D eigenvalue weighted by Gasteiger charge is -1.95. The van der Waals surface area contributed by atoms with E-state index in [-0.39, 0.29) is 0 Å². The molecule has 11 heavy (non-hydrogen) atoms. The van der Waals surface area contributed by atoms with Gasteiger partial charge in [-0.1, -0.05) is 26.2 Å². The third-order valence-electron chi connectivity index (χ3n) is 1.34. The second kappa shape index (κ2) is 8.37. The van der Waals surface area contributed by atoms with Gasteiger partial charge in [0.25, 0.3) is 0 Å². The maximum atomic E-state index is 10.5. The summed E-state index contributed by atoms with van der Waals surface area (Å²) in [6.45, 7) is 2.66. The van der Waals surface area contributed by atoms with Crippen LogP contribution in [-0.2, 0) is 14.0 Å². The number of quaternary nitrogens is 1. The third kappa shape index (κ3) is 8.17. The standard InChI is InChI=1S/C6H17NO3P/c1-2-3-4-5-6-9-11(8)10-7/h11H,2-6H2,1,7H3/q+2. The third-order valence-corrected chi connectivity index (χ3v) is 2.01. The predicted molar refractivity (Wildman–Crippen MR) is 43.1 cm³/mol. The summed E-state index contributed by atoms with van der Waals surface area (Å²) >= 11 is 0. The first-order chi connectivity index (χ1) is 5.31. The molecule has 0 saturated carbocycles.